The Morgan fingerprint density at radius 2 is 1.37 bits per heavy atom. The van der Waals surface area contributed by atoms with E-state index < -0.39 is 53.8 Å². The van der Waals surface area contributed by atoms with Crippen molar-refractivity contribution in [1.82, 2.24) is 16.0 Å². The second-order valence-electron chi connectivity index (χ2n) is 11.2. The molecule has 0 saturated carbocycles. The molecule has 1 saturated heterocycles. The van der Waals surface area contributed by atoms with E-state index in [4.69, 9.17) is 4.74 Å². The van der Waals surface area contributed by atoms with Gasteiger partial charge in [-0.05, 0) is 36.3 Å². The Morgan fingerprint density at radius 1 is 0.780 bits per heavy atom. The van der Waals surface area contributed by atoms with Gasteiger partial charge < -0.3 is 20.7 Å². The summed E-state index contributed by atoms with van der Waals surface area (Å²) in [6.07, 6.45) is 2.52. The molecular formula is C33H45N3O5. The van der Waals surface area contributed by atoms with Gasteiger partial charge >= 0.3 is 5.97 Å². The average molecular weight is 564 g/mol. The van der Waals surface area contributed by atoms with Crippen molar-refractivity contribution in [3.63, 3.8) is 0 Å². The topological polar surface area (TPSA) is 114 Å². The van der Waals surface area contributed by atoms with Crippen molar-refractivity contribution in [3.05, 3.63) is 71.8 Å². The molecule has 3 amide bonds. The van der Waals surface area contributed by atoms with Crippen molar-refractivity contribution in [1.29, 1.82) is 0 Å². The van der Waals surface area contributed by atoms with Crippen molar-refractivity contribution in [2.75, 3.05) is 0 Å². The number of hydrogen-bond acceptors (Lipinski definition) is 5. The lowest BCUT2D eigenvalue weighted by atomic mass is 9.84. The van der Waals surface area contributed by atoms with Crippen LogP contribution >= 0.6 is 0 Å². The van der Waals surface area contributed by atoms with Gasteiger partial charge in [0.25, 0.3) is 0 Å². The molecule has 0 aliphatic carbocycles. The molecule has 0 aromatic heterocycles. The number of nitrogens with one attached hydrogen (secondary N) is 3. The summed E-state index contributed by atoms with van der Waals surface area (Å²) in [6, 6.07) is 16.2. The molecule has 3 rings (SSSR count). The fraction of sp³-hybridized carbons (Fsp3) is 0.515. The van der Waals surface area contributed by atoms with E-state index in [1.54, 1.807) is 6.92 Å². The van der Waals surface area contributed by atoms with Gasteiger partial charge in [-0.3, -0.25) is 14.4 Å². The zero-order valence-corrected chi connectivity index (χ0v) is 24.9. The lowest BCUT2D eigenvalue weighted by Gasteiger charge is -2.30. The molecule has 6 atom stereocenters. The first-order valence-electron chi connectivity index (χ1n) is 14.9. The molecule has 1 aliphatic rings. The van der Waals surface area contributed by atoms with Crippen LogP contribution in [0.2, 0.25) is 0 Å². The van der Waals surface area contributed by atoms with Gasteiger partial charge in [0.2, 0.25) is 17.7 Å². The highest BCUT2D eigenvalue weighted by atomic mass is 16.5. The highest BCUT2D eigenvalue weighted by Crippen LogP contribution is 2.29. The first-order valence-corrected chi connectivity index (χ1v) is 14.9. The largest absolute Gasteiger partial charge is 0.460 e. The lowest BCUT2D eigenvalue weighted by molar-refractivity contribution is -0.158. The molecule has 0 spiro atoms. The maximum atomic E-state index is 13.9. The Kier molecular flexibility index (Phi) is 11.9. The van der Waals surface area contributed by atoms with Crippen LogP contribution in [0.3, 0.4) is 0 Å². The van der Waals surface area contributed by atoms with E-state index in [1.165, 1.54) is 0 Å². The molecule has 3 N–H and O–H groups in total. The fourth-order valence-corrected chi connectivity index (χ4v) is 5.22. The van der Waals surface area contributed by atoms with Gasteiger partial charge in [0.1, 0.15) is 24.2 Å². The zero-order valence-electron chi connectivity index (χ0n) is 24.9. The molecule has 8 nitrogen and oxygen atoms in total. The number of carbonyl (C=O) groups excluding carboxylic acids is 4. The van der Waals surface area contributed by atoms with Crippen molar-refractivity contribution < 1.29 is 23.9 Å². The van der Waals surface area contributed by atoms with Crippen LogP contribution in [0.5, 0.6) is 0 Å². The third kappa shape index (κ3) is 8.65. The standard InChI is InChI=1S/C33H45N3O5/c1-6-8-15-22(4)26-20-27(37)35-30(28(24-16-11-9-12-17-24)25-18-13-10-14-19-25)32(39)34-23(5)31(38)36-29(21(3)7-2)33(40)41-26/h9-14,16-19,21-23,26,28-30H,6-8,15,20H2,1-5H3,(H,34,39)(H,35,37)(H,36,38)/t21-,22+,23+,26+,29-,30-/m1/s1. The van der Waals surface area contributed by atoms with Crippen LogP contribution in [0.1, 0.15) is 83.8 Å². The Hall–Kier alpha value is -3.68. The van der Waals surface area contributed by atoms with E-state index in [0.717, 1.165) is 30.4 Å². The number of carbonyl (C=O) groups is 4. The van der Waals surface area contributed by atoms with Crippen LogP contribution in [0.15, 0.2) is 60.7 Å². The first-order chi connectivity index (χ1) is 19.7. The SMILES string of the molecule is CCCC[C@H](C)[C@@H]1CC(=O)N[C@H](C(c2ccccc2)c2ccccc2)C(=O)N[C@@H](C)C(=O)N[C@H]([C@H](C)CC)C(=O)O1. The summed E-state index contributed by atoms with van der Waals surface area (Å²) in [5.41, 5.74) is 1.69. The summed E-state index contributed by atoms with van der Waals surface area (Å²) in [4.78, 5) is 54.2. The molecule has 222 valence electrons. The Bertz CT molecular complexity index is 1120. The Morgan fingerprint density at radius 3 is 1.90 bits per heavy atom. The van der Waals surface area contributed by atoms with Crippen LogP contribution in [-0.2, 0) is 23.9 Å². The Balaban J connectivity index is 2.06. The average Bonchev–Trinajstić information content (AvgIpc) is 2.98. The van der Waals surface area contributed by atoms with Gasteiger partial charge in [-0.1, -0.05) is 108 Å². The minimum absolute atomic E-state index is 0.0895. The van der Waals surface area contributed by atoms with Crippen molar-refractivity contribution in [2.24, 2.45) is 11.8 Å². The fourth-order valence-electron chi connectivity index (χ4n) is 5.22. The van der Waals surface area contributed by atoms with Gasteiger partial charge in [0, 0.05) is 5.92 Å². The summed E-state index contributed by atoms with van der Waals surface area (Å²) >= 11 is 0. The molecule has 1 heterocycles. The molecule has 0 unspecified atom stereocenters. The van der Waals surface area contributed by atoms with E-state index in [1.807, 2.05) is 81.4 Å². The van der Waals surface area contributed by atoms with Crippen LogP contribution in [-0.4, -0.2) is 47.9 Å². The lowest BCUT2D eigenvalue weighted by Crippen LogP contribution is -2.56. The first kappa shape index (κ1) is 31.8. The van der Waals surface area contributed by atoms with Crippen LogP contribution in [0.4, 0.5) is 0 Å². The van der Waals surface area contributed by atoms with E-state index in [-0.39, 0.29) is 18.3 Å². The predicted molar refractivity (Wildman–Crippen MR) is 159 cm³/mol. The third-order valence-corrected chi connectivity index (χ3v) is 8.07. The number of ether oxygens (including phenoxy) is 1. The minimum Gasteiger partial charge on any atom is -0.460 e. The molecule has 0 bridgehead atoms. The number of rotatable bonds is 9. The van der Waals surface area contributed by atoms with Gasteiger partial charge in [-0.2, -0.15) is 0 Å². The molecule has 2 aromatic rings. The number of amides is 3. The highest BCUT2D eigenvalue weighted by Gasteiger charge is 2.38. The molecule has 1 fully saturated rings. The van der Waals surface area contributed by atoms with Crippen molar-refractivity contribution in [2.45, 2.75) is 96.9 Å². The number of hydrogen-bond donors (Lipinski definition) is 3. The zero-order chi connectivity index (χ0) is 29.9. The molecule has 8 heteroatoms. The molecule has 41 heavy (non-hydrogen) atoms. The van der Waals surface area contributed by atoms with Crippen LogP contribution in [0.25, 0.3) is 0 Å². The number of cyclic esters (lactones) is 1. The van der Waals surface area contributed by atoms with Gasteiger partial charge in [0.15, 0.2) is 0 Å². The summed E-state index contributed by atoms with van der Waals surface area (Å²) in [6.45, 7) is 9.43. The number of esters is 1. The second-order valence-corrected chi connectivity index (χ2v) is 11.2. The van der Waals surface area contributed by atoms with Gasteiger partial charge in [-0.25, -0.2) is 4.79 Å². The summed E-state index contributed by atoms with van der Waals surface area (Å²) in [7, 11) is 0. The van der Waals surface area contributed by atoms with Crippen molar-refractivity contribution >= 4 is 23.7 Å². The van der Waals surface area contributed by atoms with E-state index in [2.05, 4.69) is 22.9 Å². The van der Waals surface area contributed by atoms with E-state index in [9.17, 15) is 19.2 Å². The van der Waals surface area contributed by atoms with E-state index >= 15 is 0 Å². The number of benzene rings is 2. The van der Waals surface area contributed by atoms with Gasteiger partial charge in [0.05, 0.1) is 6.42 Å². The van der Waals surface area contributed by atoms with Crippen LogP contribution in [0, 0.1) is 11.8 Å². The minimum atomic E-state index is -1.02. The molecule has 0 radical (unpaired) electrons. The quantitative estimate of drug-likeness (QED) is 0.390. The van der Waals surface area contributed by atoms with E-state index in [0.29, 0.717) is 6.42 Å². The smallest absolute Gasteiger partial charge is 0.329 e. The predicted octanol–water partition coefficient (Wildman–Crippen LogP) is 4.48. The highest BCUT2D eigenvalue weighted by molar-refractivity contribution is 5.94. The normalized spacial score (nSPS) is 24.0. The summed E-state index contributed by atoms with van der Waals surface area (Å²) in [5, 5.41) is 8.57. The van der Waals surface area contributed by atoms with Gasteiger partial charge in [-0.15, -0.1) is 0 Å². The Labute approximate surface area is 244 Å². The monoisotopic (exact) mass is 563 g/mol. The second kappa shape index (κ2) is 15.4. The third-order valence-electron chi connectivity index (χ3n) is 8.07. The van der Waals surface area contributed by atoms with Crippen LogP contribution < -0.4 is 16.0 Å². The number of unbranched alkanes of at least 4 members (excludes halogenated alkanes) is 1. The molecule has 2 aromatic carbocycles. The summed E-state index contributed by atoms with van der Waals surface area (Å²) in [5.74, 6) is -2.74. The molecule has 1 aliphatic heterocycles. The molecular weight excluding hydrogens is 518 g/mol. The summed E-state index contributed by atoms with van der Waals surface area (Å²) < 4.78 is 5.98. The van der Waals surface area contributed by atoms with Crippen molar-refractivity contribution in [3.8, 4) is 0 Å². The maximum Gasteiger partial charge on any atom is 0.329 e. The maximum absolute atomic E-state index is 13.9.